The molecule has 0 aromatic heterocycles. The summed E-state index contributed by atoms with van der Waals surface area (Å²) < 4.78 is 5.29. The molecule has 4 nitrogen and oxygen atoms in total. The van der Waals surface area contributed by atoms with E-state index in [0.717, 1.165) is 32.3 Å². The van der Waals surface area contributed by atoms with Crippen molar-refractivity contribution in [2.45, 2.75) is 38.7 Å². The van der Waals surface area contributed by atoms with Crippen molar-refractivity contribution >= 4 is 11.8 Å². The Morgan fingerprint density at radius 3 is 2.35 bits per heavy atom. The molecule has 0 N–H and O–H groups in total. The number of fused-ring (bicyclic) bond motifs is 1. The standard InChI is InChI=1S/C13H19NO3/c1-2-8(11-7-17-11)6-14-12(15)9-4-3-5-10(9)13(14)16/h8-11H,2-7H2,1H3. The Hall–Kier alpha value is -0.900. The topological polar surface area (TPSA) is 49.9 Å². The van der Waals surface area contributed by atoms with Gasteiger partial charge in [0, 0.05) is 12.5 Å². The fourth-order valence-corrected chi connectivity index (χ4v) is 3.31. The van der Waals surface area contributed by atoms with Crippen LogP contribution in [0.5, 0.6) is 0 Å². The van der Waals surface area contributed by atoms with Gasteiger partial charge in [-0.25, -0.2) is 0 Å². The lowest BCUT2D eigenvalue weighted by Crippen LogP contribution is -2.37. The number of rotatable bonds is 4. The zero-order chi connectivity index (χ0) is 12.0. The number of carbonyl (C=O) groups is 2. The lowest BCUT2D eigenvalue weighted by atomic mass is 10.00. The number of imide groups is 1. The van der Waals surface area contributed by atoms with Gasteiger partial charge in [-0.15, -0.1) is 0 Å². The van der Waals surface area contributed by atoms with Crippen LogP contribution in [0, 0.1) is 17.8 Å². The van der Waals surface area contributed by atoms with Gasteiger partial charge in [0.1, 0.15) is 0 Å². The van der Waals surface area contributed by atoms with Gasteiger partial charge in [-0.1, -0.05) is 13.3 Å². The first-order valence-corrected chi connectivity index (χ1v) is 6.69. The van der Waals surface area contributed by atoms with Crippen LogP contribution in [0.25, 0.3) is 0 Å². The predicted molar refractivity (Wildman–Crippen MR) is 61.1 cm³/mol. The minimum atomic E-state index is 0.000118. The second kappa shape index (κ2) is 4.09. The van der Waals surface area contributed by atoms with Crippen molar-refractivity contribution in [3.63, 3.8) is 0 Å². The van der Waals surface area contributed by atoms with Crippen LogP contribution in [-0.4, -0.2) is 36.0 Å². The molecule has 4 heteroatoms. The zero-order valence-corrected chi connectivity index (χ0v) is 10.2. The van der Waals surface area contributed by atoms with E-state index in [1.807, 2.05) is 0 Å². The number of ether oxygens (including phenoxy) is 1. The van der Waals surface area contributed by atoms with Crippen LogP contribution in [0.15, 0.2) is 0 Å². The second-order valence-electron chi connectivity index (χ2n) is 5.47. The summed E-state index contributed by atoms with van der Waals surface area (Å²) in [7, 11) is 0. The number of carbonyl (C=O) groups excluding carboxylic acids is 2. The summed E-state index contributed by atoms with van der Waals surface area (Å²) in [5, 5.41) is 0. The summed E-state index contributed by atoms with van der Waals surface area (Å²) in [5.41, 5.74) is 0. The molecule has 17 heavy (non-hydrogen) atoms. The molecule has 0 radical (unpaired) electrons. The molecule has 4 unspecified atom stereocenters. The molecule has 3 fully saturated rings. The van der Waals surface area contributed by atoms with Crippen molar-refractivity contribution in [2.24, 2.45) is 17.8 Å². The molecule has 2 saturated heterocycles. The van der Waals surface area contributed by atoms with Crippen LogP contribution < -0.4 is 0 Å². The Balaban J connectivity index is 1.70. The molecule has 94 valence electrons. The van der Waals surface area contributed by atoms with Crippen molar-refractivity contribution in [3.05, 3.63) is 0 Å². The van der Waals surface area contributed by atoms with E-state index < -0.39 is 0 Å². The maximum atomic E-state index is 12.2. The second-order valence-corrected chi connectivity index (χ2v) is 5.47. The summed E-state index contributed by atoms with van der Waals surface area (Å²) in [6.07, 6.45) is 4.09. The summed E-state index contributed by atoms with van der Waals surface area (Å²) in [6.45, 7) is 3.46. The summed E-state index contributed by atoms with van der Waals surface area (Å²) >= 11 is 0. The zero-order valence-electron chi connectivity index (χ0n) is 10.2. The molecule has 2 amide bonds. The van der Waals surface area contributed by atoms with Crippen molar-refractivity contribution < 1.29 is 14.3 Å². The number of hydrogen-bond acceptors (Lipinski definition) is 3. The summed E-state index contributed by atoms with van der Waals surface area (Å²) in [4.78, 5) is 25.8. The lowest BCUT2D eigenvalue weighted by Gasteiger charge is -2.21. The third kappa shape index (κ3) is 1.79. The van der Waals surface area contributed by atoms with Crippen LogP contribution in [0.1, 0.15) is 32.6 Å². The highest BCUT2D eigenvalue weighted by atomic mass is 16.6. The monoisotopic (exact) mass is 237 g/mol. The Bertz CT molecular complexity index is 329. The number of epoxide rings is 1. The first kappa shape index (κ1) is 11.2. The van der Waals surface area contributed by atoms with E-state index in [0.29, 0.717) is 12.5 Å². The minimum Gasteiger partial charge on any atom is -0.373 e. The molecule has 1 saturated carbocycles. The van der Waals surface area contributed by atoms with Crippen LogP contribution in [0.3, 0.4) is 0 Å². The van der Waals surface area contributed by atoms with Gasteiger partial charge in [-0.3, -0.25) is 14.5 Å². The van der Waals surface area contributed by atoms with Gasteiger partial charge in [0.05, 0.1) is 24.5 Å². The Morgan fingerprint density at radius 2 is 1.88 bits per heavy atom. The third-order valence-electron chi connectivity index (χ3n) is 4.51. The van der Waals surface area contributed by atoms with E-state index in [9.17, 15) is 9.59 Å². The number of nitrogens with zero attached hydrogens (tertiary/aromatic N) is 1. The van der Waals surface area contributed by atoms with Crippen LogP contribution in [0.4, 0.5) is 0 Å². The van der Waals surface area contributed by atoms with E-state index in [1.165, 1.54) is 4.90 Å². The summed E-state index contributed by atoms with van der Waals surface area (Å²) in [6, 6.07) is 0. The van der Waals surface area contributed by atoms with E-state index in [1.54, 1.807) is 0 Å². The highest BCUT2D eigenvalue weighted by Crippen LogP contribution is 2.40. The largest absolute Gasteiger partial charge is 0.373 e. The Kier molecular flexibility index (Phi) is 2.69. The van der Waals surface area contributed by atoms with Crippen LogP contribution in [0.2, 0.25) is 0 Å². The highest BCUT2D eigenvalue weighted by molar-refractivity contribution is 6.05. The fourth-order valence-electron chi connectivity index (χ4n) is 3.31. The van der Waals surface area contributed by atoms with Gasteiger partial charge >= 0.3 is 0 Å². The molecular weight excluding hydrogens is 218 g/mol. The highest BCUT2D eigenvalue weighted by Gasteiger charge is 2.50. The molecule has 4 atom stereocenters. The minimum absolute atomic E-state index is 0.000118. The maximum absolute atomic E-state index is 12.2. The number of hydrogen-bond donors (Lipinski definition) is 0. The smallest absolute Gasteiger partial charge is 0.233 e. The molecule has 0 bridgehead atoms. The van der Waals surface area contributed by atoms with Crippen molar-refractivity contribution in [3.8, 4) is 0 Å². The Labute approximate surface area is 101 Å². The van der Waals surface area contributed by atoms with Gasteiger partial charge in [0.2, 0.25) is 11.8 Å². The first-order valence-electron chi connectivity index (χ1n) is 6.69. The molecule has 0 aromatic carbocycles. The quantitative estimate of drug-likeness (QED) is 0.545. The Morgan fingerprint density at radius 1 is 1.29 bits per heavy atom. The van der Waals surface area contributed by atoms with Gasteiger partial charge in [-0.2, -0.15) is 0 Å². The van der Waals surface area contributed by atoms with E-state index in [2.05, 4.69) is 6.92 Å². The van der Waals surface area contributed by atoms with E-state index in [4.69, 9.17) is 4.74 Å². The van der Waals surface area contributed by atoms with Crippen LogP contribution >= 0.6 is 0 Å². The predicted octanol–water partition coefficient (Wildman–Crippen LogP) is 1.20. The van der Waals surface area contributed by atoms with E-state index in [-0.39, 0.29) is 29.8 Å². The van der Waals surface area contributed by atoms with Crippen LogP contribution in [-0.2, 0) is 14.3 Å². The molecule has 3 aliphatic rings. The molecule has 0 spiro atoms. The molecule has 2 heterocycles. The number of likely N-dealkylation sites (tertiary alicyclic amines) is 1. The molecular formula is C13H19NO3. The molecule has 2 aliphatic heterocycles. The van der Waals surface area contributed by atoms with Gasteiger partial charge < -0.3 is 4.74 Å². The summed E-state index contributed by atoms with van der Waals surface area (Å²) in [5.74, 6) is 0.496. The van der Waals surface area contributed by atoms with Gasteiger partial charge in [0.25, 0.3) is 0 Å². The lowest BCUT2D eigenvalue weighted by molar-refractivity contribution is -0.141. The molecule has 1 aliphatic carbocycles. The maximum Gasteiger partial charge on any atom is 0.233 e. The average molecular weight is 237 g/mol. The molecule has 0 aromatic rings. The first-order chi connectivity index (χ1) is 8.22. The average Bonchev–Trinajstić information content (AvgIpc) is 3.00. The normalized spacial score (nSPS) is 37.5. The van der Waals surface area contributed by atoms with E-state index >= 15 is 0 Å². The van der Waals surface area contributed by atoms with Crippen molar-refractivity contribution in [1.29, 1.82) is 0 Å². The van der Waals surface area contributed by atoms with Crippen molar-refractivity contribution in [1.82, 2.24) is 4.90 Å². The van der Waals surface area contributed by atoms with Gasteiger partial charge in [-0.05, 0) is 19.3 Å². The SMILES string of the molecule is CCC(CN1C(=O)C2CCCC2C1=O)C1CO1. The van der Waals surface area contributed by atoms with Gasteiger partial charge in [0.15, 0.2) is 0 Å². The van der Waals surface area contributed by atoms with Crippen molar-refractivity contribution in [2.75, 3.05) is 13.2 Å². The third-order valence-corrected chi connectivity index (χ3v) is 4.51. The number of amides is 2. The molecule has 3 rings (SSSR count). The fraction of sp³-hybridized carbons (Fsp3) is 0.846.